The standard InChI is InChI=1S/C18H19ClF2N2O/c1-12-15(9-10-18(2,3)24-4)22-17(19)23(12)11-13-5-7-14(8-6-13)16(20)21/h5-8,16H,11H2,1-4H3. The van der Waals surface area contributed by atoms with E-state index in [4.69, 9.17) is 16.3 Å². The van der Waals surface area contributed by atoms with Crippen LogP contribution in [0.5, 0.6) is 0 Å². The normalized spacial score (nSPS) is 11.5. The van der Waals surface area contributed by atoms with Crippen LogP contribution in [0.4, 0.5) is 8.78 Å². The Morgan fingerprint density at radius 3 is 2.46 bits per heavy atom. The third-order valence-corrected chi connectivity index (χ3v) is 4.03. The van der Waals surface area contributed by atoms with E-state index in [1.54, 1.807) is 23.8 Å². The summed E-state index contributed by atoms with van der Waals surface area (Å²) >= 11 is 6.20. The Morgan fingerprint density at radius 2 is 1.92 bits per heavy atom. The highest BCUT2D eigenvalue weighted by Crippen LogP contribution is 2.21. The van der Waals surface area contributed by atoms with E-state index in [1.807, 2.05) is 20.8 Å². The lowest BCUT2D eigenvalue weighted by atomic mass is 10.1. The van der Waals surface area contributed by atoms with Crippen molar-refractivity contribution in [3.8, 4) is 11.8 Å². The number of benzene rings is 1. The summed E-state index contributed by atoms with van der Waals surface area (Å²) in [6.45, 7) is 6.03. The number of methoxy groups -OCH3 is 1. The number of aromatic nitrogens is 2. The minimum atomic E-state index is -2.47. The highest BCUT2D eigenvalue weighted by atomic mass is 35.5. The summed E-state index contributed by atoms with van der Waals surface area (Å²) in [6, 6.07) is 6.16. The number of nitrogens with zero attached hydrogens (tertiary/aromatic N) is 2. The number of hydrogen-bond donors (Lipinski definition) is 0. The molecule has 0 radical (unpaired) electrons. The number of ether oxygens (including phenoxy) is 1. The molecule has 0 atom stereocenters. The molecule has 0 saturated carbocycles. The first kappa shape index (κ1) is 18.4. The maximum absolute atomic E-state index is 12.6. The summed E-state index contributed by atoms with van der Waals surface area (Å²) in [6.07, 6.45) is -2.47. The van der Waals surface area contributed by atoms with Crippen LogP contribution in [0.15, 0.2) is 24.3 Å². The number of rotatable bonds is 4. The minimum Gasteiger partial charge on any atom is -0.366 e. The average Bonchev–Trinajstić information content (AvgIpc) is 2.81. The number of halogens is 3. The predicted octanol–water partition coefficient (Wildman–Crippen LogP) is 4.61. The number of alkyl halides is 2. The largest absolute Gasteiger partial charge is 0.366 e. The van der Waals surface area contributed by atoms with E-state index in [0.29, 0.717) is 17.5 Å². The van der Waals surface area contributed by atoms with Crippen LogP contribution in [0, 0.1) is 18.8 Å². The molecule has 6 heteroatoms. The van der Waals surface area contributed by atoms with Crippen molar-refractivity contribution in [3.05, 3.63) is 52.1 Å². The quantitative estimate of drug-likeness (QED) is 0.751. The van der Waals surface area contributed by atoms with Crippen LogP contribution in [0.2, 0.25) is 5.28 Å². The first-order valence-electron chi connectivity index (χ1n) is 7.41. The highest BCUT2D eigenvalue weighted by Gasteiger charge is 2.14. The van der Waals surface area contributed by atoms with Crippen molar-refractivity contribution in [2.45, 2.75) is 39.3 Å². The second kappa shape index (κ2) is 7.33. The second-order valence-corrected chi connectivity index (χ2v) is 6.25. The summed E-state index contributed by atoms with van der Waals surface area (Å²) in [5.41, 5.74) is 1.68. The molecule has 1 aromatic heterocycles. The zero-order valence-corrected chi connectivity index (χ0v) is 14.8. The lowest BCUT2D eigenvalue weighted by molar-refractivity contribution is 0.0741. The third-order valence-electron chi connectivity index (χ3n) is 3.74. The van der Waals surface area contributed by atoms with Crippen LogP contribution in [-0.4, -0.2) is 22.3 Å². The summed E-state index contributed by atoms with van der Waals surface area (Å²) < 4.78 is 32.3. The van der Waals surface area contributed by atoms with E-state index in [-0.39, 0.29) is 5.56 Å². The Balaban J connectivity index is 2.26. The summed E-state index contributed by atoms with van der Waals surface area (Å²) in [5, 5.41) is 0.310. The molecular formula is C18H19ClF2N2O. The van der Waals surface area contributed by atoms with Crippen LogP contribution in [-0.2, 0) is 11.3 Å². The maximum Gasteiger partial charge on any atom is 0.263 e. The SMILES string of the molecule is COC(C)(C)C#Cc1nc(Cl)n(Cc2ccc(C(F)F)cc2)c1C. The van der Waals surface area contributed by atoms with E-state index >= 15 is 0 Å². The molecule has 1 heterocycles. The zero-order chi connectivity index (χ0) is 17.9. The van der Waals surface area contributed by atoms with Crippen LogP contribution in [0.3, 0.4) is 0 Å². The van der Waals surface area contributed by atoms with Crippen molar-refractivity contribution >= 4 is 11.6 Å². The van der Waals surface area contributed by atoms with E-state index in [9.17, 15) is 8.78 Å². The molecule has 0 amide bonds. The lowest BCUT2D eigenvalue weighted by Gasteiger charge is -2.13. The maximum atomic E-state index is 12.6. The van der Waals surface area contributed by atoms with Gasteiger partial charge in [0.2, 0.25) is 5.28 Å². The van der Waals surface area contributed by atoms with Crippen LogP contribution in [0.25, 0.3) is 0 Å². The smallest absolute Gasteiger partial charge is 0.263 e. The van der Waals surface area contributed by atoms with E-state index < -0.39 is 12.0 Å². The fourth-order valence-electron chi connectivity index (χ4n) is 2.01. The second-order valence-electron chi connectivity index (χ2n) is 5.91. The third kappa shape index (κ3) is 4.34. The van der Waals surface area contributed by atoms with Gasteiger partial charge < -0.3 is 9.30 Å². The molecule has 0 saturated heterocycles. The number of imidazole rings is 1. The van der Waals surface area contributed by atoms with Gasteiger partial charge >= 0.3 is 0 Å². The fraction of sp³-hybridized carbons (Fsp3) is 0.389. The zero-order valence-electron chi connectivity index (χ0n) is 14.0. The van der Waals surface area contributed by atoms with E-state index in [0.717, 1.165) is 11.3 Å². The molecule has 0 aliphatic heterocycles. The van der Waals surface area contributed by atoms with Gasteiger partial charge in [-0.15, -0.1) is 0 Å². The molecule has 0 spiro atoms. The molecule has 128 valence electrons. The molecule has 0 unspecified atom stereocenters. The van der Waals surface area contributed by atoms with Crippen molar-refractivity contribution in [2.75, 3.05) is 7.11 Å². The molecule has 0 aliphatic carbocycles. The van der Waals surface area contributed by atoms with Gasteiger partial charge in [-0.25, -0.2) is 13.8 Å². The Hall–Kier alpha value is -1.90. The van der Waals surface area contributed by atoms with E-state index in [1.165, 1.54) is 12.1 Å². The van der Waals surface area contributed by atoms with E-state index in [2.05, 4.69) is 16.8 Å². The van der Waals surface area contributed by atoms with Crippen molar-refractivity contribution < 1.29 is 13.5 Å². The molecule has 0 bridgehead atoms. The minimum absolute atomic E-state index is 0.000512. The molecular weight excluding hydrogens is 334 g/mol. The Labute approximate surface area is 145 Å². The first-order chi connectivity index (χ1) is 11.2. The van der Waals surface area contributed by atoms with Gasteiger partial charge in [0.15, 0.2) is 0 Å². The van der Waals surface area contributed by atoms with Gasteiger partial charge in [0.05, 0.1) is 12.2 Å². The number of hydrogen-bond acceptors (Lipinski definition) is 2. The summed E-state index contributed by atoms with van der Waals surface area (Å²) in [4.78, 5) is 4.27. The molecule has 24 heavy (non-hydrogen) atoms. The van der Waals surface area contributed by atoms with Gasteiger partial charge in [0, 0.05) is 12.7 Å². The lowest BCUT2D eigenvalue weighted by Crippen LogP contribution is -2.19. The van der Waals surface area contributed by atoms with Crippen LogP contribution < -0.4 is 0 Å². The van der Waals surface area contributed by atoms with Gasteiger partial charge in [0.1, 0.15) is 11.3 Å². The van der Waals surface area contributed by atoms with Gasteiger partial charge in [-0.1, -0.05) is 30.2 Å². The van der Waals surface area contributed by atoms with Gasteiger partial charge in [-0.3, -0.25) is 0 Å². The molecule has 2 aromatic rings. The monoisotopic (exact) mass is 352 g/mol. The Morgan fingerprint density at radius 1 is 1.29 bits per heavy atom. The van der Waals surface area contributed by atoms with Crippen molar-refractivity contribution in [2.24, 2.45) is 0 Å². The predicted molar refractivity (Wildman–Crippen MR) is 90.4 cm³/mol. The average molecular weight is 353 g/mol. The molecule has 0 N–H and O–H groups in total. The van der Waals surface area contributed by atoms with Gasteiger partial charge in [-0.2, -0.15) is 0 Å². The van der Waals surface area contributed by atoms with Crippen molar-refractivity contribution in [1.29, 1.82) is 0 Å². The van der Waals surface area contributed by atoms with Gasteiger partial charge in [-0.05, 0) is 43.9 Å². The summed E-state index contributed by atoms with van der Waals surface area (Å²) in [5.74, 6) is 5.98. The molecule has 2 rings (SSSR count). The summed E-state index contributed by atoms with van der Waals surface area (Å²) in [7, 11) is 1.59. The Kier molecular flexibility index (Phi) is 5.63. The van der Waals surface area contributed by atoms with Crippen molar-refractivity contribution in [3.63, 3.8) is 0 Å². The molecule has 3 nitrogen and oxygen atoms in total. The molecule has 0 fully saturated rings. The van der Waals surface area contributed by atoms with Crippen LogP contribution >= 0.6 is 11.6 Å². The van der Waals surface area contributed by atoms with Crippen LogP contribution in [0.1, 0.15) is 42.8 Å². The first-order valence-corrected chi connectivity index (χ1v) is 7.79. The topological polar surface area (TPSA) is 27.1 Å². The fourth-order valence-corrected chi connectivity index (χ4v) is 2.28. The van der Waals surface area contributed by atoms with Gasteiger partial charge in [0.25, 0.3) is 6.43 Å². The highest BCUT2D eigenvalue weighted by molar-refractivity contribution is 6.28. The van der Waals surface area contributed by atoms with Crippen molar-refractivity contribution in [1.82, 2.24) is 9.55 Å². The molecule has 0 aliphatic rings. The molecule has 1 aromatic carbocycles. The Bertz CT molecular complexity index is 771.